The van der Waals surface area contributed by atoms with Crippen LogP contribution in [0.2, 0.25) is 0 Å². The average molecular weight is 1760 g/mol. The summed E-state index contributed by atoms with van der Waals surface area (Å²) in [5, 5.41) is 33.7. The number of alkyl halides is 6. The first kappa shape index (κ1) is 83.1. The number of nitrogens with one attached hydrogen (secondary N) is 8. The third kappa shape index (κ3) is 16.7. The number of carbonyl (C=O) groups excluding carboxylic acids is 7. The van der Waals surface area contributed by atoms with Crippen LogP contribution in [-0.2, 0) is 68.9 Å². The van der Waals surface area contributed by atoms with E-state index in [1.807, 2.05) is 36.4 Å². The lowest BCUT2D eigenvalue weighted by Crippen LogP contribution is -2.34. The van der Waals surface area contributed by atoms with Crippen LogP contribution in [0.15, 0.2) is 163 Å². The number of halogens is 8. The number of azide groups is 1. The summed E-state index contributed by atoms with van der Waals surface area (Å²) in [6, 6.07) is 32.4. The fourth-order valence-electron chi connectivity index (χ4n) is 16.6. The topological polar surface area (TPSA) is 462 Å². The minimum atomic E-state index is -4.83. The van der Waals surface area contributed by atoms with E-state index in [0.717, 1.165) is 56.8 Å². The molecule has 128 heavy (non-hydrogen) atoms. The van der Waals surface area contributed by atoms with Crippen LogP contribution in [0.1, 0.15) is 98.2 Å². The lowest BCUT2D eigenvalue weighted by Gasteiger charge is -2.20. The first-order valence-corrected chi connectivity index (χ1v) is 39.5. The van der Waals surface area contributed by atoms with Crippen LogP contribution in [0.5, 0.6) is 69.0 Å². The number of carboxylic acid groups (broad SMARTS) is 1. The molecule has 12 atom stereocenters. The van der Waals surface area contributed by atoms with Gasteiger partial charge in [0, 0.05) is 100 Å². The summed E-state index contributed by atoms with van der Waals surface area (Å²) in [7, 11) is 0. The number of amides is 9. The van der Waals surface area contributed by atoms with Gasteiger partial charge in [-0.25, -0.2) is 47.9 Å². The molecule has 0 bridgehead atoms. The highest BCUT2D eigenvalue weighted by molar-refractivity contribution is 5.94. The van der Waals surface area contributed by atoms with E-state index in [4.69, 9.17) is 53.9 Å². The van der Waals surface area contributed by atoms with Gasteiger partial charge < -0.3 is 74.7 Å². The Labute approximate surface area is 715 Å². The summed E-state index contributed by atoms with van der Waals surface area (Å²) < 4.78 is 153. The minimum absolute atomic E-state index is 0.0197. The number of nitrogens with two attached hydrogens (primary N) is 1. The molecule has 12 aliphatic rings. The first-order chi connectivity index (χ1) is 61.5. The Morgan fingerprint density at radius 1 is 0.484 bits per heavy atom. The highest BCUT2D eigenvalue weighted by Gasteiger charge is 2.65. The number of ether oxygens (including phenoxy) is 9. The van der Waals surface area contributed by atoms with E-state index < -0.39 is 58.8 Å². The zero-order valence-corrected chi connectivity index (χ0v) is 66.0. The van der Waals surface area contributed by atoms with Crippen molar-refractivity contribution in [2.45, 2.75) is 106 Å². The molecule has 0 radical (unpaired) electrons. The van der Waals surface area contributed by atoms with Gasteiger partial charge in [0.2, 0.25) is 5.91 Å². The van der Waals surface area contributed by atoms with E-state index >= 15 is 0 Å². The monoisotopic (exact) mass is 1760 g/mol. The summed E-state index contributed by atoms with van der Waals surface area (Å²) >= 11 is 0. The molecule has 9 amide bonds. The van der Waals surface area contributed by atoms with Crippen LogP contribution >= 0.6 is 0 Å². The molecule has 6 aromatic carbocycles. The Bertz CT molecular complexity index is 6360. The highest BCUT2D eigenvalue weighted by atomic mass is 19.4. The number of hydrogen-bond acceptors (Lipinski definition) is 22. The summed E-state index contributed by atoms with van der Waals surface area (Å²) in [4.78, 5) is 113. The number of carboxylic acids is 1. The van der Waals surface area contributed by atoms with E-state index in [9.17, 15) is 78.6 Å². The van der Waals surface area contributed by atoms with Crippen LogP contribution in [0.25, 0.3) is 10.4 Å². The van der Waals surface area contributed by atoms with Gasteiger partial charge in [0.1, 0.15) is 146 Å². The Hall–Kier alpha value is -15.8. The fraction of sp³-hybridized carbons (Fsp3) is 0.256. The largest absolute Gasteiger partial charge is 0.489 e. The van der Waals surface area contributed by atoms with Crippen molar-refractivity contribution >= 4 is 76.7 Å². The van der Waals surface area contributed by atoms with Gasteiger partial charge in [-0.1, -0.05) is 6.07 Å². The maximum absolute atomic E-state index is 13.5. The molecule has 0 saturated heterocycles. The van der Waals surface area contributed by atoms with Crippen molar-refractivity contribution in [2.75, 3.05) is 33.6 Å². The van der Waals surface area contributed by atoms with Crippen LogP contribution in [-0.4, -0.2) is 104 Å². The molecule has 42 heteroatoms. The Balaban J connectivity index is 0.000000111. The molecular formula is C86H66F8N16O18. The SMILES string of the molecule is CCOC(=O)[C@@H]1[C@H]2Oc3ccc(Oc4ccnc5c4CNC(=O)N5)cc3[C@H]21.Nc1ccc(F)c(C(F)(F)F)c1.O=C(Cc1ccc(F)c(C(F)(F)F)c1)C[C@@H]1[C@H]2Oc3ccc(Oc4ccnc5c4CNC(=O)N5)cc3[C@@H]12.O=C1NCc2c(Oc3ccc4c(c3)[C@@H]3[C@H](O4)[C@H]3C(=O)O)ccnc2N1.[N-]=[N+]=NC(=O)[C@@H]1[C@H]2Oc3ccc(Oc4ccnc5c4CNC(=O)N5)cc3[C@H]21. The maximum Gasteiger partial charge on any atom is 0.419 e. The van der Waals surface area contributed by atoms with Crippen molar-refractivity contribution in [1.29, 1.82) is 0 Å². The number of fused-ring (bicyclic) bond motifs is 16. The minimum Gasteiger partial charge on any atom is -0.489 e. The number of esters is 1. The van der Waals surface area contributed by atoms with Crippen LogP contribution < -0.4 is 86.2 Å². The number of carbonyl (C=O) groups is 8. The predicted octanol–water partition coefficient (Wildman–Crippen LogP) is 15.2. The average Bonchev–Trinajstić information content (AvgIpc) is 1.56. The third-order valence-electron chi connectivity index (χ3n) is 22.7. The lowest BCUT2D eigenvalue weighted by atomic mass is 10.00. The number of Topliss-reactive ketones (excluding diaryl/α,β-unsaturated/α-hetero) is 1. The van der Waals surface area contributed by atoms with E-state index in [1.165, 1.54) is 12.3 Å². The number of nitrogen functional groups attached to an aromatic ring is 1. The molecule has 4 aromatic heterocycles. The molecule has 34 nitrogen and oxygen atoms in total. The summed E-state index contributed by atoms with van der Waals surface area (Å²) in [5.41, 5.74) is 17.4. The van der Waals surface area contributed by atoms with Gasteiger partial charge in [0.05, 0.1) is 72.1 Å². The number of anilines is 5. The molecule has 22 rings (SSSR count). The number of ketones is 1. The number of aromatic nitrogens is 4. The zero-order chi connectivity index (χ0) is 89.5. The zero-order valence-electron chi connectivity index (χ0n) is 66.0. The van der Waals surface area contributed by atoms with Crippen molar-refractivity contribution in [3.05, 3.63) is 242 Å². The Morgan fingerprint density at radius 3 is 1.23 bits per heavy atom. The van der Waals surface area contributed by atoms with Crippen molar-refractivity contribution in [2.24, 2.45) is 28.8 Å². The standard InChI is InChI=1S/C26H19F4N3O4.C19H17N3O5.C17H12N6O4.C17H13N3O5.C7H5F4N/c27-19-3-1-12(8-18(19)26(28,29)30)7-13(34)9-16-22-15-10-14(2-4-20(15)37-23(16)22)36-21-5-6-31-24-17(21)11-32-25(35)33-24;1-2-25-18(23)15-14-10-7-9(3-4-12(10)27-16(14)15)26-13-5-6-20-17-11(13)8-21-19(24)22-17;18-23-22-16(24)13-12-8-5-7(1-2-10(8)27-14(12)13)26-11-3-4-19-15-9(11)6-20-17(25)21-15;21-16(22)13-12-8-5-7(1-2-10(8)25-14(12)13)24-11-3-4-18-15-9(11)6-19-17(23)20-15;8-6-2-1-4(12)3-5(6)7(9,10)11/h1-6,8,10,16,22-23H,7,9,11H2,(H2,31,32,33,35);3-7,14-16H,2,8H2,1H3,(H2,20,21,22,24);1-5,12-14H,6H2,(H2,19,20,21,25);1-5,12-14H,6H2,(H,21,22)(H2,18,19,20,23);1-3H,12H2/t16-,22-,23+;14-,15-,16-;2*12-,13-,14-;/m0000./s1. The van der Waals surface area contributed by atoms with Gasteiger partial charge in [-0.3, -0.25) is 40.4 Å². The molecule has 8 aliphatic heterocycles. The van der Waals surface area contributed by atoms with Crippen LogP contribution in [0.3, 0.4) is 0 Å². The molecule has 654 valence electrons. The van der Waals surface area contributed by atoms with Crippen LogP contribution in [0, 0.1) is 35.3 Å². The predicted molar refractivity (Wildman–Crippen MR) is 428 cm³/mol. The molecule has 4 aliphatic carbocycles. The highest BCUT2D eigenvalue weighted by Crippen LogP contribution is 2.63. The summed E-state index contributed by atoms with van der Waals surface area (Å²) in [5.74, 6) is 3.47. The molecular weight excluding hydrogens is 1700 g/mol. The second kappa shape index (κ2) is 33.0. The number of pyridine rings is 4. The van der Waals surface area contributed by atoms with Gasteiger partial charge in [0.15, 0.2) is 0 Å². The van der Waals surface area contributed by atoms with Gasteiger partial charge in [0.25, 0.3) is 0 Å². The summed E-state index contributed by atoms with van der Waals surface area (Å²) in [6.45, 7) is 3.40. The van der Waals surface area contributed by atoms with E-state index in [-0.39, 0.29) is 126 Å². The van der Waals surface area contributed by atoms with Crippen molar-refractivity contribution in [3.63, 3.8) is 0 Å². The van der Waals surface area contributed by atoms with E-state index in [1.54, 1.807) is 86.2 Å². The molecule has 11 N–H and O–H groups in total. The molecule has 10 aromatic rings. The van der Waals surface area contributed by atoms with Gasteiger partial charge in [-0.05, 0) is 151 Å². The number of hydrogen-bond donors (Lipinski definition) is 10. The number of benzene rings is 6. The van der Waals surface area contributed by atoms with Crippen LogP contribution in [0.4, 0.5) is 83.3 Å². The van der Waals surface area contributed by atoms with E-state index in [2.05, 4.69) is 72.5 Å². The van der Waals surface area contributed by atoms with Gasteiger partial charge in [-0.2, -0.15) is 26.3 Å². The molecule has 0 spiro atoms. The van der Waals surface area contributed by atoms with Crippen molar-refractivity contribution in [3.8, 4) is 69.0 Å². The first-order valence-electron chi connectivity index (χ1n) is 39.5. The smallest absolute Gasteiger partial charge is 0.419 e. The van der Waals surface area contributed by atoms with Crippen molar-refractivity contribution in [1.82, 2.24) is 41.2 Å². The van der Waals surface area contributed by atoms with E-state index in [0.29, 0.717) is 137 Å². The lowest BCUT2D eigenvalue weighted by molar-refractivity contribution is -0.145. The molecule has 4 saturated carbocycles. The normalized spacial score (nSPS) is 22.0. The van der Waals surface area contributed by atoms with Gasteiger partial charge >= 0.3 is 48.4 Å². The second-order valence-corrected chi connectivity index (χ2v) is 30.7. The summed E-state index contributed by atoms with van der Waals surface area (Å²) in [6.07, 6.45) is -4.20. The van der Waals surface area contributed by atoms with Gasteiger partial charge in [-0.15, -0.1) is 0 Å². The molecule has 0 unspecified atom stereocenters. The Morgan fingerprint density at radius 2 is 0.844 bits per heavy atom. The third-order valence-corrected chi connectivity index (χ3v) is 22.7. The number of rotatable bonds is 16. The fourth-order valence-corrected chi connectivity index (χ4v) is 16.6. The maximum atomic E-state index is 13.5. The molecule has 4 fully saturated rings. The number of aliphatic carboxylic acids is 1. The quantitative estimate of drug-likeness (QED) is 0.0107. The number of urea groups is 4. The second-order valence-electron chi connectivity index (χ2n) is 30.7. The Kier molecular flexibility index (Phi) is 21.5. The molecule has 12 heterocycles. The van der Waals surface area contributed by atoms with Crippen molar-refractivity contribution < 1.29 is 121 Å². The number of nitrogens with zero attached hydrogens (tertiary/aromatic N) is 7.